The van der Waals surface area contributed by atoms with Crippen molar-refractivity contribution in [3.63, 3.8) is 0 Å². The fourth-order valence-electron chi connectivity index (χ4n) is 5.34. The molecule has 7 rings (SSSR count). The molecule has 3 N–H and O–H groups in total. The summed E-state index contributed by atoms with van der Waals surface area (Å²) in [6, 6.07) is 10.7. The fourth-order valence-corrected chi connectivity index (χ4v) is 5.34. The Bertz CT molecular complexity index is 1860. The molecule has 0 bridgehead atoms. The number of aryl methyl sites for hydroxylation is 1. The first-order chi connectivity index (χ1) is 21.7. The molecule has 5 aromatic rings. The number of hydrogen-bond acceptors (Lipinski definition) is 9. The van der Waals surface area contributed by atoms with Gasteiger partial charge in [-0.2, -0.15) is 18.7 Å². The van der Waals surface area contributed by atoms with Crippen molar-refractivity contribution in [1.29, 1.82) is 0 Å². The van der Waals surface area contributed by atoms with Crippen LogP contribution in [0.4, 0.5) is 29.6 Å². The van der Waals surface area contributed by atoms with Gasteiger partial charge in [-0.3, -0.25) is 4.79 Å². The van der Waals surface area contributed by atoms with E-state index in [1.807, 2.05) is 13.0 Å². The number of halogens is 4. The molecule has 0 saturated carbocycles. The Morgan fingerprint density at radius 2 is 1.53 bits per heavy atom. The van der Waals surface area contributed by atoms with Crippen molar-refractivity contribution in [3.05, 3.63) is 76.9 Å². The SMILES string of the molecule is COc1ccc(C)cc1C(=O)N1CC[C@@H](Nc2nc3ccc(F)c(F)c3o2)C1.Fc1ccc2nc(N[C@@H]3CCNC3)oc2c1F. The van der Waals surface area contributed by atoms with E-state index in [0.717, 1.165) is 37.2 Å². The van der Waals surface area contributed by atoms with Gasteiger partial charge in [-0.15, -0.1) is 0 Å². The summed E-state index contributed by atoms with van der Waals surface area (Å²) in [5.41, 5.74) is 1.67. The van der Waals surface area contributed by atoms with E-state index in [9.17, 15) is 22.4 Å². The van der Waals surface area contributed by atoms with Gasteiger partial charge in [-0.25, -0.2) is 8.78 Å². The number of likely N-dealkylation sites (tertiary alicyclic amines) is 1. The van der Waals surface area contributed by atoms with Gasteiger partial charge in [-0.05, 0) is 62.7 Å². The molecule has 0 aliphatic carbocycles. The molecule has 2 saturated heterocycles. The maximum absolute atomic E-state index is 13.8. The van der Waals surface area contributed by atoms with Crippen LogP contribution >= 0.6 is 0 Å². The van der Waals surface area contributed by atoms with E-state index in [0.29, 0.717) is 36.3 Å². The first-order valence-electron chi connectivity index (χ1n) is 14.4. The number of amides is 1. The number of aromatic nitrogens is 2. The van der Waals surface area contributed by atoms with Gasteiger partial charge in [0.25, 0.3) is 17.9 Å². The molecule has 0 spiro atoms. The van der Waals surface area contributed by atoms with Crippen molar-refractivity contribution in [2.45, 2.75) is 31.8 Å². The van der Waals surface area contributed by atoms with Crippen LogP contribution in [-0.4, -0.2) is 66.1 Å². The van der Waals surface area contributed by atoms with Crippen molar-refractivity contribution < 1.29 is 35.9 Å². The Morgan fingerprint density at radius 3 is 2.11 bits per heavy atom. The first-order valence-corrected chi connectivity index (χ1v) is 14.4. The molecule has 3 aromatic carbocycles. The summed E-state index contributed by atoms with van der Waals surface area (Å²) < 4.78 is 69.2. The van der Waals surface area contributed by atoms with E-state index in [2.05, 4.69) is 25.9 Å². The highest BCUT2D eigenvalue weighted by Gasteiger charge is 2.30. The van der Waals surface area contributed by atoms with E-state index in [4.69, 9.17) is 13.6 Å². The molecule has 2 aromatic heterocycles. The lowest BCUT2D eigenvalue weighted by Crippen LogP contribution is -2.32. The van der Waals surface area contributed by atoms with Crippen LogP contribution in [0.3, 0.4) is 0 Å². The van der Waals surface area contributed by atoms with Crippen LogP contribution in [0.15, 0.2) is 51.3 Å². The number of carbonyl (C=O) groups excluding carboxylic acids is 1. The second-order valence-electron chi connectivity index (χ2n) is 10.9. The van der Waals surface area contributed by atoms with Gasteiger partial charge in [-0.1, -0.05) is 11.6 Å². The highest BCUT2D eigenvalue weighted by atomic mass is 19.2. The minimum absolute atomic E-state index is 0.104. The predicted molar refractivity (Wildman–Crippen MR) is 158 cm³/mol. The summed E-state index contributed by atoms with van der Waals surface area (Å²) in [6.07, 6.45) is 1.63. The first kappa shape index (κ1) is 30.2. The normalized spacial score (nSPS) is 17.9. The van der Waals surface area contributed by atoms with Crippen molar-refractivity contribution >= 4 is 40.1 Å². The Balaban J connectivity index is 0.000000179. The smallest absolute Gasteiger partial charge is 0.296 e. The Morgan fingerprint density at radius 1 is 0.911 bits per heavy atom. The number of methoxy groups -OCH3 is 1. The van der Waals surface area contributed by atoms with Crippen molar-refractivity contribution in [1.82, 2.24) is 20.2 Å². The number of hydrogen-bond donors (Lipinski definition) is 3. The number of ether oxygens (including phenoxy) is 1. The number of nitrogens with one attached hydrogen (secondary N) is 3. The average molecular weight is 627 g/mol. The molecule has 0 unspecified atom stereocenters. The van der Waals surface area contributed by atoms with Gasteiger partial charge in [0.1, 0.15) is 16.8 Å². The van der Waals surface area contributed by atoms with Gasteiger partial charge < -0.3 is 34.4 Å². The molecule has 2 atom stereocenters. The second kappa shape index (κ2) is 12.6. The molecule has 2 aliphatic heterocycles. The van der Waals surface area contributed by atoms with Crippen LogP contribution < -0.4 is 20.7 Å². The fraction of sp³-hybridized carbons (Fsp3) is 0.323. The summed E-state index contributed by atoms with van der Waals surface area (Å²) in [5.74, 6) is -3.55. The van der Waals surface area contributed by atoms with Crippen LogP contribution in [0.5, 0.6) is 5.75 Å². The zero-order chi connectivity index (χ0) is 31.7. The van der Waals surface area contributed by atoms with E-state index in [1.54, 1.807) is 17.0 Å². The monoisotopic (exact) mass is 626 g/mol. The molecule has 45 heavy (non-hydrogen) atoms. The minimum atomic E-state index is -1.06. The lowest BCUT2D eigenvalue weighted by Gasteiger charge is -2.18. The Labute approximate surface area is 254 Å². The summed E-state index contributed by atoms with van der Waals surface area (Å²) in [6.45, 7) is 4.65. The van der Waals surface area contributed by atoms with Crippen molar-refractivity contribution in [2.24, 2.45) is 0 Å². The molecule has 2 aliphatic rings. The van der Waals surface area contributed by atoms with Gasteiger partial charge in [0.05, 0.1) is 12.7 Å². The van der Waals surface area contributed by atoms with Gasteiger partial charge >= 0.3 is 0 Å². The Kier molecular flexibility index (Phi) is 8.48. The average Bonchev–Trinajstić information content (AvgIpc) is 3.85. The van der Waals surface area contributed by atoms with Crippen molar-refractivity contribution in [2.75, 3.05) is 43.9 Å². The molecular weight excluding hydrogens is 596 g/mol. The summed E-state index contributed by atoms with van der Waals surface area (Å²) >= 11 is 0. The van der Waals surface area contributed by atoms with Crippen LogP contribution in [0.25, 0.3) is 22.2 Å². The number of rotatable bonds is 6. The number of nitrogens with zero attached hydrogens (tertiary/aromatic N) is 3. The largest absolute Gasteiger partial charge is 0.496 e. The van der Waals surface area contributed by atoms with Crippen LogP contribution in [-0.2, 0) is 0 Å². The third-order valence-electron chi connectivity index (χ3n) is 7.68. The Hall–Kier alpha value is -4.85. The highest BCUT2D eigenvalue weighted by molar-refractivity contribution is 5.97. The van der Waals surface area contributed by atoms with Crippen LogP contribution in [0.1, 0.15) is 28.8 Å². The second-order valence-corrected chi connectivity index (χ2v) is 10.9. The topological polar surface area (TPSA) is 118 Å². The van der Waals surface area contributed by atoms with Gasteiger partial charge in [0, 0.05) is 31.7 Å². The highest BCUT2D eigenvalue weighted by Crippen LogP contribution is 2.28. The van der Waals surface area contributed by atoms with E-state index in [1.165, 1.54) is 19.2 Å². The van der Waals surface area contributed by atoms with E-state index < -0.39 is 23.3 Å². The third-order valence-corrected chi connectivity index (χ3v) is 7.68. The van der Waals surface area contributed by atoms with E-state index >= 15 is 0 Å². The lowest BCUT2D eigenvalue weighted by atomic mass is 10.1. The van der Waals surface area contributed by atoms with Crippen LogP contribution in [0.2, 0.25) is 0 Å². The van der Waals surface area contributed by atoms with E-state index in [-0.39, 0.29) is 46.7 Å². The third kappa shape index (κ3) is 6.36. The molecule has 10 nitrogen and oxygen atoms in total. The summed E-state index contributed by atoms with van der Waals surface area (Å²) in [4.78, 5) is 22.8. The lowest BCUT2D eigenvalue weighted by molar-refractivity contribution is 0.0788. The molecule has 0 radical (unpaired) electrons. The molecular formula is C31H30F4N6O4. The predicted octanol–water partition coefficient (Wildman–Crippen LogP) is 5.63. The number of oxazole rings is 2. The maximum atomic E-state index is 13.8. The standard InChI is InChI=1S/C20H19F2N3O3.C11H11F2N3O/c1-11-3-6-16(27-2)13(9-11)19(26)25-8-7-12(10-25)23-20-24-15-5-4-14(21)17(22)18(15)28-20;12-7-1-2-8-10(9(7)13)17-11(16-8)15-6-3-4-14-5-6/h3-6,9,12H,7-8,10H2,1-2H3,(H,23,24);1-2,6,14H,3-5H2,(H,15,16)/t12-;6-/m11/s1. The zero-order valence-corrected chi connectivity index (χ0v) is 24.4. The molecule has 14 heteroatoms. The molecule has 4 heterocycles. The minimum Gasteiger partial charge on any atom is -0.496 e. The van der Waals surface area contributed by atoms with Crippen molar-refractivity contribution in [3.8, 4) is 5.75 Å². The quantitative estimate of drug-likeness (QED) is 0.206. The number of benzene rings is 3. The van der Waals surface area contributed by atoms with Crippen LogP contribution in [0, 0.1) is 30.2 Å². The van der Waals surface area contributed by atoms with Gasteiger partial charge in [0.15, 0.2) is 22.8 Å². The molecule has 236 valence electrons. The molecule has 1 amide bonds. The molecule has 2 fully saturated rings. The number of anilines is 2. The number of carbonyl (C=O) groups is 1. The zero-order valence-electron chi connectivity index (χ0n) is 24.4. The van der Waals surface area contributed by atoms with Gasteiger partial charge in [0.2, 0.25) is 11.6 Å². The summed E-state index contributed by atoms with van der Waals surface area (Å²) in [7, 11) is 1.53. The maximum Gasteiger partial charge on any atom is 0.296 e. The summed E-state index contributed by atoms with van der Waals surface area (Å²) in [5, 5.41) is 9.29. The number of fused-ring (bicyclic) bond motifs is 2.